The van der Waals surface area contributed by atoms with E-state index in [0.717, 1.165) is 23.5 Å². The molecule has 0 radical (unpaired) electrons. The maximum atomic E-state index is 12.6. The monoisotopic (exact) mass is 282 g/mol. The SMILES string of the molecule is NCC#Cc1cc(C(=O)N2CCc3ccccc32)cs1. The summed E-state index contributed by atoms with van der Waals surface area (Å²) in [5.41, 5.74) is 8.31. The van der Waals surface area contributed by atoms with Crippen LogP contribution in [0.1, 0.15) is 20.8 Å². The van der Waals surface area contributed by atoms with Gasteiger partial charge in [0.1, 0.15) is 0 Å². The van der Waals surface area contributed by atoms with Gasteiger partial charge < -0.3 is 10.6 Å². The summed E-state index contributed by atoms with van der Waals surface area (Å²) in [6.07, 6.45) is 0.923. The molecule has 4 heteroatoms. The molecule has 100 valence electrons. The number of anilines is 1. The normalized spacial score (nSPS) is 12.8. The van der Waals surface area contributed by atoms with Gasteiger partial charge in [-0.25, -0.2) is 0 Å². The van der Waals surface area contributed by atoms with Crippen molar-refractivity contribution in [1.82, 2.24) is 0 Å². The average Bonchev–Trinajstić information content (AvgIpc) is 3.11. The average molecular weight is 282 g/mol. The second-order valence-electron chi connectivity index (χ2n) is 4.54. The van der Waals surface area contributed by atoms with Crippen molar-refractivity contribution < 1.29 is 4.79 Å². The number of nitrogens with zero attached hydrogens (tertiary/aromatic N) is 1. The number of amides is 1. The molecule has 0 spiro atoms. The van der Waals surface area contributed by atoms with E-state index in [2.05, 4.69) is 17.9 Å². The van der Waals surface area contributed by atoms with Crippen LogP contribution >= 0.6 is 11.3 Å². The Morgan fingerprint density at radius 3 is 3.10 bits per heavy atom. The van der Waals surface area contributed by atoms with E-state index in [0.29, 0.717) is 12.1 Å². The fourth-order valence-corrected chi connectivity index (χ4v) is 3.11. The fourth-order valence-electron chi connectivity index (χ4n) is 2.36. The number of rotatable bonds is 1. The molecule has 20 heavy (non-hydrogen) atoms. The van der Waals surface area contributed by atoms with Gasteiger partial charge in [-0.1, -0.05) is 30.0 Å². The number of para-hydroxylation sites is 1. The van der Waals surface area contributed by atoms with Crippen molar-refractivity contribution in [2.75, 3.05) is 18.0 Å². The first kappa shape index (κ1) is 12.9. The number of fused-ring (bicyclic) bond motifs is 1. The van der Waals surface area contributed by atoms with Gasteiger partial charge in [0.25, 0.3) is 5.91 Å². The van der Waals surface area contributed by atoms with Crippen LogP contribution in [0.5, 0.6) is 0 Å². The number of hydrogen-bond donors (Lipinski definition) is 1. The quantitative estimate of drug-likeness (QED) is 0.816. The fraction of sp³-hybridized carbons (Fsp3) is 0.188. The van der Waals surface area contributed by atoms with E-state index < -0.39 is 0 Å². The van der Waals surface area contributed by atoms with E-state index in [1.807, 2.05) is 34.5 Å². The molecule has 2 heterocycles. The van der Waals surface area contributed by atoms with Gasteiger partial charge in [-0.2, -0.15) is 0 Å². The van der Waals surface area contributed by atoms with Crippen LogP contribution < -0.4 is 10.6 Å². The van der Waals surface area contributed by atoms with Crippen LogP contribution in [0.2, 0.25) is 0 Å². The number of carbonyl (C=O) groups is 1. The first-order valence-corrected chi connectivity index (χ1v) is 7.35. The zero-order valence-electron chi connectivity index (χ0n) is 10.9. The van der Waals surface area contributed by atoms with E-state index in [1.165, 1.54) is 16.9 Å². The lowest BCUT2D eigenvalue weighted by atomic mass is 10.2. The summed E-state index contributed by atoms with van der Waals surface area (Å²) >= 11 is 1.48. The standard InChI is InChI=1S/C16H14N2OS/c17-8-3-5-14-10-13(11-20-14)16(19)18-9-7-12-4-1-2-6-15(12)18/h1-2,4,6,10-11H,7-9,17H2. The lowest BCUT2D eigenvalue weighted by Crippen LogP contribution is -2.28. The largest absolute Gasteiger partial charge is 0.320 e. The van der Waals surface area contributed by atoms with Gasteiger partial charge in [-0.3, -0.25) is 4.79 Å². The third kappa shape index (κ3) is 2.34. The summed E-state index contributed by atoms with van der Waals surface area (Å²) in [6.45, 7) is 1.08. The smallest absolute Gasteiger partial charge is 0.259 e. The third-order valence-corrected chi connectivity index (χ3v) is 4.14. The predicted molar refractivity (Wildman–Crippen MR) is 82.1 cm³/mol. The molecule has 0 atom stereocenters. The van der Waals surface area contributed by atoms with Gasteiger partial charge in [-0.05, 0) is 24.1 Å². The summed E-state index contributed by atoms with van der Waals surface area (Å²) < 4.78 is 0. The molecule has 2 N–H and O–H groups in total. The number of benzene rings is 1. The second-order valence-corrected chi connectivity index (χ2v) is 5.45. The first-order valence-electron chi connectivity index (χ1n) is 6.47. The molecule has 0 saturated heterocycles. The van der Waals surface area contributed by atoms with Crippen molar-refractivity contribution in [2.45, 2.75) is 6.42 Å². The Morgan fingerprint density at radius 2 is 2.25 bits per heavy atom. The molecule has 1 aliphatic rings. The van der Waals surface area contributed by atoms with Crippen molar-refractivity contribution in [1.29, 1.82) is 0 Å². The Labute approximate surface area is 122 Å². The van der Waals surface area contributed by atoms with Crippen molar-refractivity contribution in [3.63, 3.8) is 0 Å². The number of nitrogens with two attached hydrogens (primary N) is 1. The molecule has 1 aliphatic heterocycles. The van der Waals surface area contributed by atoms with Crippen LogP contribution in [0, 0.1) is 11.8 Å². The van der Waals surface area contributed by atoms with Crippen molar-refractivity contribution in [3.05, 3.63) is 51.7 Å². The zero-order valence-corrected chi connectivity index (χ0v) is 11.7. The molecule has 1 aromatic heterocycles. The molecule has 0 aliphatic carbocycles. The highest BCUT2D eigenvalue weighted by Crippen LogP contribution is 2.29. The van der Waals surface area contributed by atoms with E-state index in [1.54, 1.807) is 0 Å². The highest BCUT2D eigenvalue weighted by molar-refractivity contribution is 7.10. The second kappa shape index (κ2) is 5.49. The zero-order chi connectivity index (χ0) is 13.9. The summed E-state index contributed by atoms with van der Waals surface area (Å²) in [5, 5.41) is 1.86. The predicted octanol–water partition coefficient (Wildman–Crippen LogP) is 2.26. The van der Waals surface area contributed by atoms with E-state index in [-0.39, 0.29) is 5.91 Å². The topological polar surface area (TPSA) is 46.3 Å². The van der Waals surface area contributed by atoms with E-state index in [4.69, 9.17) is 5.73 Å². The van der Waals surface area contributed by atoms with Crippen LogP contribution in [0.25, 0.3) is 0 Å². The Kier molecular flexibility index (Phi) is 3.55. The van der Waals surface area contributed by atoms with Gasteiger partial charge in [0, 0.05) is 17.6 Å². The van der Waals surface area contributed by atoms with Gasteiger partial charge in [-0.15, -0.1) is 11.3 Å². The molecule has 1 aromatic carbocycles. The molecular weight excluding hydrogens is 268 g/mol. The third-order valence-electron chi connectivity index (χ3n) is 3.29. The van der Waals surface area contributed by atoms with Gasteiger partial charge in [0.15, 0.2) is 0 Å². The Balaban J connectivity index is 1.85. The van der Waals surface area contributed by atoms with Gasteiger partial charge >= 0.3 is 0 Å². The highest BCUT2D eigenvalue weighted by Gasteiger charge is 2.25. The molecule has 3 rings (SSSR count). The van der Waals surface area contributed by atoms with E-state index in [9.17, 15) is 4.79 Å². The molecule has 0 saturated carbocycles. The maximum absolute atomic E-state index is 12.6. The summed E-state index contributed by atoms with van der Waals surface area (Å²) in [6, 6.07) is 9.90. The lowest BCUT2D eigenvalue weighted by molar-refractivity contribution is 0.0990. The molecule has 3 nitrogen and oxygen atoms in total. The molecule has 0 bridgehead atoms. The van der Waals surface area contributed by atoms with Crippen molar-refractivity contribution >= 4 is 22.9 Å². The number of thiophene rings is 1. The minimum absolute atomic E-state index is 0.0481. The Morgan fingerprint density at radius 1 is 1.40 bits per heavy atom. The minimum atomic E-state index is 0.0481. The first-order chi connectivity index (χ1) is 9.79. The lowest BCUT2D eigenvalue weighted by Gasteiger charge is -2.16. The van der Waals surface area contributed by atoms with Gasteiger partial charge in [0.2, 0.25) is 0 Å². The van der Waals surface area contributed by atoms with Crippen LogP contribution in [0.4, 0.5) is 5.69 Å². The highest BCUT2D eigenvalue weighted by atomic mass is 32.1. The minimum Gasteiger partial charge on any atom is -0.320 e. The summed E-state index contributed by atoms with van der Waals surface area (Å²) in [4.78, 5) is 15.3. The molecule has 1 amide bonds. The van der Waals surface area contributed by atoms with Crippen molar-refractivity contribution in [3.8, 4) is 11.8 Å². The van der Waals surface area contributed by atoms with Crippen LogP contribution in [-0.2, 0) is 6.42 Å². The summed E-state index contributed by atoms with van der Waals surface area (Å²) in [5.74, 6) is 5.82. The Bertz CT molecular complexity index is 709. The van der Waals surface area contributed by atoms with E-state index >= 15 is 0 Å². The summed E-state index contributed by atoms with van der Waals surface area (Å²) in [7, 11) is 0. The number of carbonyl (C=O) groups excluding carboxylic acids is 1. The Hall–Kier alpha value is -2.09. The maximum Gasteiger partial charge on any atom is 0.259 e. The van der Waals surface area contributed by atoms with Crippen LogP contribution in [0.15, 0.2) is 35.7 Å². The van der Waals surface area contributed by atoms with Gasteiger partial charge in [0.05, 0.1) is 17.0 Å². The number of hydrogen-bond acceptors (Lipinski definition) is 3. The molecule has 2 aromatic rings. The molecule has 0 fully saturated rings. The van der Waals surface area contributed by atoms with Crippen LogP contribution in [0.3, 0.4) is 0 Å². The van der Waals surface area contributed by atoms with Crippen molar-refractivity contribution in [2.24, 2.45) is 5.73 Å². The molecular formula is C16H14N2OS. The van der Waals surface area contributed by atoms with Crippen LogP contribution in [-0.4, -0.2) is 19.0 Å². The molecule has 0 unspecified atom stereocenters.